The zero-order chi connectivity index (χ0) is 26.9. The summed E-state index contributed by atoms with van der Waals surface area (Å²) < 4.78 is 12.9. The van der Waals surface area contributed by atoms with Crippen molar-refractivity contribution in [3.8, 4) is 0 Å². The molecule has 3 heteroatoms. The summed E-state index contributed by atoms with van der Waals surface area (Å²) in [6.45, 7) is 25.8. The van der Waals surface area contributed by atoms with Gasteiger partial charge in [0.25, 0.3) is 0 Å². The van der Waals surface area contributed by atoms with E-state index in [1.165, 1.54) is 51.9 Å². The molecule has 208 valence electrons. The molecule has 2 spiro atoms. The maximum absolute atomic E-state index is 11.9. The van der Waals surface area contributed by atoms with E-state index in [0.717, 1.165) is 29.7 Å². The Labute approximate surface area is 226 Å². The molecule has 1 aliphatic heterocycles. The van der Waals surface area contributed by atoms with Crippen LogP contribution in [0.15, 0.2) is 12.2 Å². The van der Waals surface area contributed by atoms with Crippen molar-refractivity contribution >= 4 is 5.97 Å². The van der Waals surface area contributed by atoms with Crippen LogP contribution in [-0.4, -0.2) is 24.3 Å². The summed E-state index contributed by atoms with van der Waals surface area (Å²) in [4.78, 5) is 11.9. The maximum atomic E-state index is 11.9. The van der Waals surface area contributed by atoms with Crippen molar-refractivity contribution in [2.24, 2.45) is 62.6 Å². The Kier molecular flexibility index (Phi) is 5.62. The number of rotatable bonds is 3. The maximum Gasteiger partial charge on any atom is 0.303 e. The number of hydrogen-bond acceptors (Lipinski definition) is 3. The van der Waals surface area contributed by atoms with Crippen molar-refractivity contribution in [2.45, 2.75) is 132 Å². The van der Waals surface area contributed by atoms with Crippen LogP contribution in [0.5, 0.6) is 0 Å². The summed E-state index contributed by atoms with van der Waals surface area (Å²) >= 11 is 0. The molecule has 5 aliphatic carbocycles. The van der Waals surface area contributed by atoms with E-state index in [9.17, 15) is 4.79 Å². The Morgan fingerprint density at radius 3 is 2.24 bits per heavy atom. The van der Waals surface area contributed by atoms with Crippen LogP contribution in [0.3, 0.4) is 0 Å². The molecule has 0 aromatic rings. The molecule has 0 radical (unpaired) electrons. The highest BCUT2D eigenvalue weighted by molar-refractivity contribution is 5.66. The lowest BCUT2D eigenvalue weighted by atomic mass is 9.40. The number of fused-ring (bicyclic) bond motifs is 4. The van der Waals surface area contributed by atoms with E-state index >= 15 is 0 Å². The molecule has 1 unspecified atom stereocenters. The van der Waals surface area contributed by atoms with E-state index in [1.54, 1.807) is 0 Å². The van der Waals surface area contributed by atoms with E-state index in [2.05, 4.69) is 55.0 Å². The van der Waals surface area contributed by atoms with Crippen LogP contribution in [0.2, 0.25) is 0 Å². The minimum atomic E-state index is -0.337. The van der Waals surface area contributed by atoms with Crippen molar-refractivity contribution in [2.75, 3.05) is 0 Å². The lowest BCUT2D eigenvalue weighted by molar-refractivity contribution is -0.177. The topological polar surface area (TPSA) is 35.5 Å². The third-order valence-electron chi connectivity index (χ3n) is 15.0. The fraction of sp³-hybridized carbons (Fsp3) is 0.912. The minimum absolute atomic E-state index is 0.0787. The fourth-order valence-corrected chi connectivity index (χ4v) is 12.8. The van der Waals surface area contributed by atoms with E-state index < -0.39 is 0 Å². The van der Waals surface area contributed by atoms with Crippen molar-refractivity contribution in [3.05, 3.63) is 12.2 Å². The van der Waals surface area contributed by atoms with E-state index in [0.29, 0.717) is 44.8 Å². The fourth-order valence-electron chi connectivity index (χ4n) is 12.8. The Morgan fingerprint density at radius 2 is 1.59 bits per heavy atom. The van der Waals surface area contributed by atoms with E-state index in [4.69, 9.17) is 9.47 Å². The number of esters is 1. The summed E-state index contributed by atoms with van der Waals surface area (Å²) in [7, 11) is 0. The molecule has 0 N–H and O–H groups in total. The van der Waals surface area contributed by atoms with Gasteiger partial charge in [0.1, 0.15) is 6.10 Å². The summed E-state index contributed by atoms with van der Waals surface area (Å²) in [6.07, 6.45) is 10.8. The van der Waals surface area contributed by atoms with Gasteiger partial charge >= 0.3 is 5.97 Å². The highest BCUT2D eigenvalue weighted by atomic mass is 16.6. The second kappa shape index (κ2) is 7.88. The van der Waals surface area contributed by atoms with Gasteiger partial charge in [-0.05, 0) is 126 Å². The predicted molar refractivity (Wildman–Crippen MR) is 149 cm³/mol. The van der Waals surface area contributed by atoms with Gasteiger partial charge < -0.3 is 9.47 Å². The van der Waals surface area contributed by atoms with Crippen molar-refractivity contribution in [3.63, 3.8) is 0 Å². The molecule has 13 atom stereocenters. The Hall–Kier alpha value is -0.830. The lowest BCUT2D eigenvalue weighted by Gasteiger charge is -2.64. The molecular weight excluding hydrogens is 456 g/mol. The molecule has 0 amide bonds. The van der Waals surface area contributed by atoms with Gasteiger partial charge in [-0.2, -0.15) is 0 Å². The minimum Gasteiger partial charge on any atom is -0.455 e. The molecular formula is C34H54O3. The third kappa shape index (κ3) is 3.02. The molecule has 0 aromatic carbocycles. The normalized spacial score (nSPS) is 56.0. The average molecular weight is 511 g/mol. The SMILES string of the molecule is C=C(C)[C@@H](OC(C)=O)[C@H]1C[C@@H](C)[C@H]2[C@H](O1)[C@H](C)[C@@]1(C)[C@@H]3CC[C@H]4C(C)(C)C(C)CC[C@@]45C[C@@]35CC[C@]21C. The molecule has 1 heterocycles. The monoisotopic (exact) mass is 510 g/mol. The van der Waals surface area contributed by atoms with E-state index in [1.807, 2.05) is 6.92 Å². The molecule has 6 aliphatic rings. The Bertz CT molecular complexity index is 999. The highest BCUT2D eigenvalue weighted by Gasteiger charge is 2.83. The molecule has 0 aromatic heterocycles. The van der Waals surface area contributed by atoms with Crippen LogP contribution in [0, 0.1) is 62.6 Å². The standard InChI is InChI=1S/C34H54O3/c1-19(2)28(36-23(6)35)24-17-20(3)27-29(37-24)22(5)32(10)26-12-11-25-30(7,8)21(4)13-14-33(25)18-34(26,33)16-15-31(27,32)9/h20-22,24-29H,1,11-18H2,2-10H3/t20-,21?,22+,24-,25+,26+,27+,28-,29-,31-,32+,33-,34+/m1/s1. The first-order chi connectivity index (χ1) is 17.2. The first-order valence-electron chi connectivity index (χ1n) is 15.7. The van der Waals surface area contributed by atoms with Crippen molar-refractivity contribution in [1.82, 2.24) is 0 Å². The Morgan fingerprint density at radius 1 is 0.946 bits per heavy atom. The molecule has 3 nitrogen and oxygen atoms in total. The first-order valence-corrected chi connectivity index (χ1v) is 15.7. The van der Waals surface area contributed by atoms with Crippen molar-refractivity contribution in [1.29, 1.82) is 0 Å². The Balaban J connectivity index is 1.35. The van der Waals surface area contributed by atoms with Crippen LogP contribution in [0.4, 0.5) is 0 Å². The van der Waals surface area contributed by atoms with Crippen LogP contribution in [-0.2, 0) is 14.3 Å². The van der Waals surface area contributed by atoms with Crippen LogP contribution >= 0.6 is 0 Å². The lowest BCUT2D eigenvalue weighted by Crippen LogP contribution is -2.58. The second-order valence-electron chi connectivity index (χ2n) is 16.2. The predicted octanol–water partition coefficient (Wildman–Crippen LogP) is 8.22. The van der Waals surface area contributed by atoms with Crippen molar-refractivity contribution < 1.29 is 14.3 Å². The number of carbonyl (C=O) groups is 1. The zero-order valence-corrected chi connectivity index (χ0v) is 25.3. The zero-order valence-electron chi connectivity index (χ0n) is 25.3. The summed E-state index contributed by atoms with van der Waals surface area (Å²) in [5.41, 5.74) is 3.17. The van der Waals surface area contributed by atoms with Crippen LogP contribution < -0.4 is 0 Å². The van der Waals surface area contributed by atoms with Crippen LogP contribution in [0.1, 0.15) is 114 Å². The van der Waals surface area contributed by atoms with Gasteiger partial charge in [-0.3, -0.25) is 4.79 Å². The molecule has 1 saturated heterocycles. The summed E-state index contributed by atoms with van der Waals surface area (Å²) in [5.74, 6) is 4.00. The number of carbonyl (C=O) groups excluding carboxylic acids is 1. The molecule has 6 rings (SSSR count). The van der Waals surface area contributed by atoms with Crippen LogP contribution in [0.25, 0.3) is 0 Å². The quantitative estimate of drug-likeness (QED) is 0.283. The third-order valence-corrected chi connectivity index (χ3v) is 15.0. The highest BCUT2D eigenvalue weighted by Crippen LogP contribution is 2.90. The first kappa shape index (κ1) is 26.4. The molecule has 37 heavy (non-hydrogen) atoms. The largest absolute Gasteiger partial charge is 0.455 e. The van der Waals surface area contributed by atoms with Gasteiger partial charge in [0, 0.05) is 6.92 Å². The van der Waals surface area contributed by atoms with Gasteiger partial charge in [0.05, 0.1) is 12.2 Å². The average Bonchev–Trinajstić information content (AvgIpc) is 3.45. The number of hydrogen-bond donors (Lipinski definition) is 0. The number of ether oxygens (including phenoxy) is 2. The summed E-state index contributed by atoms with van der Waals surface area (Å²) in [6, 6.07) is 0. The molecule has 6 fully saturated rings. The van der Waals surface area contributed by atoms with Gasteiger partial charge in [-0.25, -0.2) is 0 Å². The van der Waals surface area contributed by atoms with Gasteiger partial charge in [-0.1, -0.05) is 55.0 Å². The molecule has 0 bridgehead atoms. The van der Waals surface area contributed by atoms with Gasteiger partial charge in [-0.15, -0.1) is 0 Å². The van der Waals surface area contributed by atoms with Gasteiger partial charge in [0.2, 0.25) is 0 Å². The van der Waals surface area contributed by atoms with E-state index in [-0.39, 0.29) is 24.3 Å². The van der Waals surface area contributed by atoms with Gasteiger partial charge in [0.15, 0.2) is 0 Å². The smallest absolute Gasteiger partial charge is 0.303 e. The summed E-state index contributed by atoms with van der Waals surface area (Å²) in [5, 5.41) is 0. The molecule has 5 saturated carbocycles. The second-order valence-corrected chi connectivity index (χ2v) is 16.2.